The van der Waals surface area contributed by atoms with Gasteiger partial charge in [0.2, 0.25) is 0 Å². The lowest BCUT2D eigenvalue weighted by molar-refractivity contribution is 0.0964. The first-order chi connectivity index (χ1) is 13.5. The minimum atomic E-state index is -0.499. The van der Waals surface area contributed by atoms with Gasteiger partial charge in [0, 0.05) is 18.2 Å². The summed E-state index contributed by atoms with van der Waals surface area (Å²) in [6.45, 7) is 0.321. The molecular weight excluding hydrogens is 367 g/mol. The molecule has 0 unspecified atom stereocenters. The second kappa shape index (κ2) is 6.88. The fourth-order valence-electron chi connectivity index (χ4n) is 3.28. The van der Waals surface area contributed by atoms with Crippen LogP contribution in [-0.2, 0) is 4.74 Å². The van der Waals surface area contributed by atoms with Crippen molar-refractivity contribution >= 4 is 23.0 Å². The van der Waals surface area contributed by atoms with Gasteiger partial charge in [-0.1, -0.05) is 0 Å². The molecule has 2 amide bonds. The summed E-state index contributed by atoms with van der Waals surface area (Å²) in [6, 6.07) is 9.09. The second-order valence-electron chi connectivity index (χ2n) is 6.26. The zero-order valence-corrected chi connectivity index (χ0v) is 15.2. The molecule has 1 aromatic heterocycles. The molecule has 2 aromatic carbocycles. The van der Waals surface area contributed by atoms with Gasteiger partial charge in [-0.15, -0.1) is 0 Å². The Hall–Kier alpha value is -3.55. The molecule has 2 N–H and O–H groups in total. The smallest absolute Gasteiger partial charge is 0.407 e. The molecule has 1 aliphatic heterocycles. The quantitative estimate of drug-likeness (QED) is 0.720. The summed E-state index contributed by atoms with van der Waals surface area (Å²) in [5.74, 6) is -0.0487. The number of carbonyl (C=O) groups excluding carboxylic acids is 2. The van der Waals surface area contributed by atoms with Crippen molar-refractivity contribution in [1.29, 1.82) is 0 Å². The van der Waals surface area contributed by atoms with E-state index in [4.69, 9.17) is 13.9 Å². The van der Waals surface area contributed by atoms with Crippen LogP contribution in [0.2, 0.25) is 0 Å². The van der Waals surface area contributed by atoms with E-state index in [1.165, 1.54) is 38.4 Å². The van der Waals surface area contributed by atoms with Crippen LogP contribution in [0.1, 0.15) is 22.0 Å². The zero-order valence-electron chi connectivity index (χ0n) is 15.2. The lowest BCUT2D eigenvalue weighted by Crippen LogP contribution is -2.18. The van der Waals surface area contributed by atoms with Gasteiger partial charge in [0.15, 0.2) is 0 Å². The van der Waals surface area contributed by atoms with E-state index in [1.807, 2.05) is 0 Å². The first kappa shape index (κ1) is 17.8. The molecule has 0 bridgehead atoms. The monoisotopic (exact) mass is 384 g/mol. The van der Waals surface area contributed by atoms with Gasteiger partial charge >= 0.3 is 6.09 Å². The molecule has 1 aliphatic rings. The summed E-state index contributed by atoms with van der Waals surface area (Å²) in [6.07, 6.45) is -0.991. The molecule has 4 rings (SSSR count). The van der Waals surface area contributed by atoms with Crippen molar-refractivity contribution in [2.75, 3.05) is 20.7 Å². The fourth-order valence-corrected chi connectivity index (χ4v) is 3.28. The topological polar surface area (TPSA) is 89.8 Å². The molecule has 8 heteroatoms. The highest BCUT2D eigenvalue weighted by Gasteiger charge is 2.29. The second-order valence-corrected chi connectivity index (χ2v) is 6.26. The first-order valence-corrected chi connectivity index (χ1v) is 8.58. The van der Waals surface area contributed by atoms with Crippen LogP contribution in [0.5, 0.6) is 5.75 Å². The number of alkyl carbamates (subject to hydrolysis) is 1. The molecule has 28 heavy (non-hydrogen) atoms. The summed E-state index contributed by atoms with van der Waals surface area (Å²) in [5, 5.41) is 5.68. The predicted octanol–water partition coefficient (Wildman–Crippen LogP) is 3.39. The average Bonchev–Trinajstić information content (AvgIpc) is 3.31. The van der Waals surface area contributed by atoms with Gasteiger partial charge in [0.25, 0.3) is 5.91 Å². The van der Waals surface area contributed by atoms with E-state index in [2.05, 4.69) is 10.6 Å². The van der Waals surface area contributed by atoms with E-state index in [0.717, 1.165) is 0 Å². The molecule has 2 heterocycles. The van der Waals surface area contributed by atoms with Crippen LogP contribution in [0, 0.1) is 5.82 Å². The Kier molecular flexibility index (Phi) is 4.38. The summed E-state index contributed by atoms with van der Waals surface area (Å²) >= 11 is 0. The number of ether oxygens (including phenoxy) is 2. The maximum atomic E-state index is 13.3. The van der Waals surface area contributed by atoms with Crippen LogP contribution in [0.3, 0.4) is 0 Å². The number of benzene rings is 2. The summed E-state index contributed by atoms with van der Waals surface area (Å²) in [7, 11) is 3.00. The molecule has 7 nitrogen and oxygen atoms in total. The molecule has 3 aromatic rings. The number of hydrogen-bond donors (Lipinski definition) is 2. The number of halogens is 1. The lowest BCUT2D eigenvalue weighted by Gasteiger charge is -2.11. The fraction of sp³-hybridized carbons (Fsp3) is 0.200. The largest absolute Gasteiger partial charge is 0.496 e. The van der Waals surface area contributed by atoms with Gasteiger partial charge < -0.3 is 24.5 Å². The third-order valence-corrected chi connectivity index (χ3v) is 4.61. The molecular formula is C20H17FN2O5. The van der Waals surface area contributed by atoms with Crippen LogP contribution in [0.25, 0.3) is 22.3 Å². The van der Waals surface area contributed by atoms with E-state index < -0.39 is 18.0 Å². The normalized spacial score (nSPS) is 16.0. The highest BCUT2D eigenvalue weighted by Crippen LogP contribution is 2.41. The molecule has 0 aliphatic carbocycles. The van der Waals surface area contributed by atoms with Gasteiger partial charge in [-0.05, 0) is 36.4 Å². The Morgan fingerprint density at radius 3 is 2.64 bits per heavy atom. The van der Waals surface area contributed by atoms with Crippen molar-refractivity contribution in [1.82, 2.24) is 10.6 Å². The molecule has 0 radical (unpaired) electrons. The van der Waals surface area contributed by atoms with E-state index in [9.17, 15) is 14.0 Å². The van der Waals surface area contributed by atoms with Crippen LogP contribution < -0.4 is 15.4 Å². The van der Waals surface area contributed by atoms with Gasteiger partial charge in [0.1, 0.15) is 29.0 Å². The highest BCUT2D eigenvalue weighted by atomic mass is 19.1. The summed E-state index contributed by atoms with van der Waals surface area (Å²) in [5.41, 5.74) is 1.91. The molecule has 144 valence electrons. The predicted molar refractivity (Wildman–Crippen MR) is 98.8 cm³/mol. The third-order valence-electron chi connectivity index (χ3n) is 4.61. The van der Waals surface area contributed by atoms with E-state index >= 15 is 0 Å². The third kappa shape index (κ3) is 2.92. The number of hydrogen-bond acceptors (Lipinski definition) is 5. The van der Waals surface area contributed by atoms with Crippen LogP contribution in [-0.4, -0.2) is 32.7 Å². The Morgan fingerprint density at radius 2 is 2.04 bits per heavy atom. The average molecular weight is 384 g/mol. The number of furan rings is 1. The minimum absolute atomic E-state index is 0.286. The van der Waals surface area contributed by atoms with Crippen molar-refractivity contribution in [3.8, 4) is 17.1 Å². The number of fused-ring (bicyclic) bond motifs is 1. The van der Waals surface area contributed by atoms with Gasteiger partial charge in [0.05, 0.1) is 24.6 Å². The van der Waals surface area contributed by atoms with Gasteiger partial charge in [-0.2, -0.15) is 0 Å². The summed E-state index contributed by atoms with van der Waals surface area (Å²) < 4.78 is 30.1. The van der Waals surface area contributed by atoms with E-state index in [0.29, 0.717) is 40.2 Å². The van der Waals surface area contributed by atoms with Crippen molar-refractivity contribution in [3.63, 3.8) is 0 Å². The van der Waals surface area contributed by atoms with Gasteiger partial charge in [-0.3, -0.25) is 4.79 Å². The van der Waals surface area contributed by atoms with Crippen LogP contribution in [0.4, 0.5) is 9.18 Å². The maximum Gasteiger partial charge on any atom is 0.407 e. The zero-order chi connectivity index (χ0) is 19.8. The molecule has 1 saturated heterocycles. The van der Waals surface area contributed by atoms with Gasteiger partial charge in [-0.25, -0.2) is 9.18 Å². The van der Waals surface area contributed by atoms with Crippen molar-refractivity contribution in [3.05, 3.63) is 53.3 Å². The number of cyclic esters (lactones) is 1. The Labute approximate surface area is 159 Å². The number of methoxy groups -OCH3 is 1. The Balaban J connectivity index is 1.95. The molecule has 0 spiro atoms. The summed E-state index contributed by atoms with van der Waals surface area (Å²) in [4.78, 5) is 24.0. The van der Waals surface area contributed by atoms with Crippen molar-refractivity contribution in [2.45, 2.75) is 6.10 Å². The number of rotatable bonds is 4. The molecule has 0 saturated carbocycles. The molecule has 1 fully saturated rings. The number of carbonyl (C=O) groups is 2. The van der Waals surface area contributed by atoms with Crippen LogP contribution in [0.15, 0.2) is 40.8 Å². The lowest BCUT2D eigenvalue weighted by atomic mass is 10.0. The van der Waals surface area contributed by atoms with Crippen LogP contribution >= 0.6 is 0 Å². The highest BCUT2D eigenvalue weighted by molar-refractivity contribution is 6.13. The maximum absolute atomic E-state index is 13.3. The number of amides is 2. The Morgan fingerprint density at radius 1 is 1.29 bits per heavy atom. The minimum Gasteiger partial charge on any atom is -0.496 e. The Bertz CT molecular complexity index is 1070. The first-order valence-electron chi connectivity index (χ1n) is 8.58. The van der Waals surface area contributed by atoms with Crippen molar-refractivity contribution in [2.24, 2.45) is 0 Å². The number of nitrogens with one attached hydrogen (secondary N) is 2. The van der Waals surface area contributed by atoms with Crippen molar-refractivity contribution < 1.29 is 27.9 Å². The SMILES string of the molecule is CNC(=O)c1c(-c2ccc(F)cc2)oc2cc([C@H]3CNC(=O)O3)cc(OC)c12. The van der Waals surface area contributed by atoms with E-state index in [1.54, 1.807) is 12.1 Å². The van der Waals surface area contributed by atoms with E-state index in [-0.39, 0.29) is 11.5 Å². The standard InChI is InChI=1S/C20H17FN2O5/c1-22-19(24)17-16-13(26-2)7-11(15-9-23-20(25)28-15)8-14(16)27-18(17)10-3-5-12(21)6-4-10/h3-8,15H,9H2,1-2H3,(H,22,24)(H,23,25)/t15-/m1/s1. The molecule has 1 atom stereocenters.